The van der Waals surface area contributed by atoms with Crippen LogP contribution in [0.15, 0.2) is 0 Å². The summed E-state index contributed by atoms with van der Waals surface area (Å²) in [4.78, 5) is 11.7. The van der Waals surface area contributed by atoms with Crippen LogP contribution in [0.1, 0.15) is 48.0 Å². The zero-order valence-electron chi connectivity index (χ0n) is 11.4. The van der Waals surface area contributed by atoms with Crippen LogP contribution in [-0.4, -0.2) is 17.8 Å². The number of hydrogen-bond acceptors (Lipinski definition) is 1. The Balaban J connectivity index is 3.93. The smallest absolute Gasteiger partial charge is 0.223 e. The van der Waals surface area contributed by atoms with Crippen molar-refractivity contribution in [2.45, 2.75) is 53.3 Å². The fraction of sp³-hybridized carbons (Fsp3) is 0.923. The van der Waals surface area contributed by atoms with Gasteiger partial charge in [0.2, 0.25) is 5.91 Å². The van der Waals surface area contributed by atoms with Gasteiger partial charge in [0.25, 0.3) is 0 Å². The zero-order chi connectivity index (χ0) is 12.9. The van der Waals surface area contributed by atoms with Crippen LogP contribution < -0.4 is 5.32 Å². The second-order valence-corrected chi connectivity index (χ2v) is 6.76. The normalized spacial score (nSPS) is 16.0. The number of carbonyl (C=O) groups excluding carboxylic acids is 1. The van der Waals surface area contributed by atoms with E-state index in [1.165, 1.54) is 0 Å². The first kappa shape index (κ1) is 15.8. The molecule has 0 aromatic carbocycles. The maximum Gasteiger partial charge on any atom is 0.223 e. The lowest BCUT2D eigenvalue weighted by atomic mass is 9.90. The molecule has 2 unspecified atom stereocenters. The van der Waals surface area contributed by atoms with Crippen LogP contribution >= 0.6 is 11.6 Å². The topological polar surface area (TPSA) is 29.1 Å². The van der Waals surface area contributed by atoms with Gasteiger partial charge in [0.05, 0.1) is 5.38 Å². The molecule has 0 rings (SSSR count). The average Bonchev–Trinajstić information content (AvgIpc) is 2.09. The van der Waals surface area contributed by atoms with E-state index in [-0.39, 0.29) is 22.6 Å². The van der Waals surface area contributed by atoms with Crippen LogP contribution in [-0.2, 0) is 4.79 Å². The minimum absolute atomic E-state index is 0.0170. The molecule has 0 aromatic heterocycles. The lowest BCUT2D eigenvalue weighted by Gasteiger charge is -2.23. The lowest BCUT2D eigenvalue weighted by molar-refractivity contribution is -0.125. The summed E-state index contributed by atoms with van der Waals surface area (Å²) in [6.45, 7) is 13.1. The molecular weight excluding hydrogens is 222 g/mol. The van der Waals surface area contributed by atoms with E-state index in [9.17, 15) is 4.79 Å². The molecule has 1 N–H and O–H groups in total. The Morgan fingerprint density at radius 2 is 1.75 bits per heavy atom. The van der Waals surface area contributed by atoms with Crippen molar-refractivity contribution in [2.24, 2.45) is 17.3 Å². The van der Waals surface area contributed by atoms with Gasteiger partial charge < -0.3 is 5.32 Å². The monoisotopic (exact) mass is 247 g/mol. The largest absolute Gasteiger partial charge is 0.354 e. The SMILES string of the molecule is CC(C)C(C)C(=O)NCC(Cl)CC(C)(C)C. The third-order valence-electron chi connectivity index (χ3n) is 2.75. The third-order valence-corrected chi connectivity index (χ3v) is 3.05. The highest BCUT2D eigenvalue weighted by atomic mass is 35.5. The van der Waals surface area contributed by atoms with Gasteiger partial charge in [-0.25, -0.2) is 0 Å². The average molecular weight is 248 g/mol. The third kappa shape index (κ3) is 7.10. The summed E-state index contributed by atoms with van der Waals surface area (Å²) in [6, 6.07) is 0. The minimum atomic E-state index is 0.0170. The summed E-state index contributed by atoms with van der Waals surface area (Å²) >= 11 is 6.18. The molecule has 0 aliphatic carbocycles. The van der Waals surface area contributed by atoms with E-state index in [2.05, 4.69) is 39.9 Å². The quantitative estimate of drug-likeness (QED) is 0.741. The maximum atomic E-state index is 11.7. The molecule has 0 bridgehead atoms. The molecule has 0 spiro atoms. The highest BCUT2D eigenvalue weighted by molar-refractivity contribution is 6.20. The van der Waals surface area contributed by atoms with Crippen molar-refractivity contribution in [1.82, 2.24) is 5.32 Å². The molecule has 2 atom stereocenters. The number of amides is 1. The van der Waals surface area contributed by atoms with Crippen LogP contribution in [0.5, 0.6) is 0 Å². The van der Waals surface area contributed by atoms with Gasteiger partial charge in [-0.2, -0.15) is 0 Å². The van der Waals surface area contributed by atoms with E-state index in [1.54, 1.807) is 0 Å². The summed E-state index contributed by atoms with van der Waals surface area (Å²) in [5, 5.41) is 2.93. The summed E-state index contributed by atoms with van der Waals surface area (Å²) in [6.07, 6.45) is 0.908. The first-order chi connectivity index (χ1) is 7.13. The number of halogens is 1. The van der Waals surface area contributed by atoms with Gasteiger partial charge in [-0.1, -0.05) is 41.5 Å². The Kier molecular flexibility index (Phi) is 6.39. The molecule has 3 heteroatoms. The van der Waals surface area contributed by atoms with Crippen molar-refractivity contribution in [3.05, 3.63) is 0 Å². The number of carbonyl (C=O) groups is 1. The molecule has 0 aliphatic rings. The van der Waals surface area contributed by atoms with Gasteiger partial charge in [-0.15, -0.1) is 11.6 Å². The molecule has 1 amide bonds. The first-order valence-electron chi connectivity index (χ1n) is 6.05. The molecule has 0 saturated heterocycles. The van der Waals surface area contributed by atoms with Crippen LogP contribution in [0, 0.1) is 17.3 Å². The van der Waals surface area contributed by atoms with Gasteiger partial charge >= 0.3 is 0 Å². The summed E-state index contributed by atoms with van der Waals surface area (Å²) < 4.78 is 0. The lowest BCUT2D eigenvalue weighted by Crippen LogP contribution is -2.36. The van der Waals surface area contributed by atoms with E-state index < -0.39 is 0 Å². The second-order valence-electron chi connectivity index (χ2n) is 6.14. The second kappa shape index (κ2) is 6.48. The molecule has 0 fully saturated rings. The van der Waals surface area contributed by atoms with Crippen molar-refractivity contribution in [2.75, 3.05) is 6.54 Å². The van der Waals surface area contributed by atoms with Crippen LogP contribution in [0.4, 0.5) is 0 Å². The number of nitrogens with one attached hydrogen (secondary N) is 1. The maximum absolute atomic E-state index is 11.7. The summed E-state index contributed by atoms with van der Waals surface area (Å²) in [7, 11) is 0. The Bertz CT molecular complexity index is 220. The van der Waals surface area contributed by atoms with E-state index in [0.29, 0.717) is 12.5 Å². The molecule has 0 heterocycles. The molecule has 16 heavy (non-hydrogen) atoms. The Hall–Kier alpha value is -0.240. The zero-order valence-corrected chi connectivity index (χ0v) is 12.2. The van der Waals surface area contributed by atoms with Crippen LogP contribution in [0.2, 0.25) is 0 Å². The molecule has 0 radical (unpaired) electrons. The van der Waals surface area contributed by atoms with E-state index in [4.69, 9.17) is 11.6 Å². The first-order valence-corrected chi connectivity index (χ1v) is 6.49. The number of rotatable bonds is 5. The summed E-state index contributed by atoms with van der Waals surface area (Å²) in [5.41, 5.74) is 0.209. The number of alkyl halides is 1. The van der Waals surface area contributed by atoms with Crippen molar-refractivity contribution >= 4 is 17.5 Å². The van der Waals surface area contributed by atoms with Gasteiger partial charge in [0.15, 0.2) is 0 Å². The Morgan fingerprint density at radius 3 is 2.12 bits per heavy atom. The van der Waals surface area contributed by atoms with Crippen molar-refractivity contribution < 1.29 is 4.79 Å². The van der Waals surface area contributed by atoms with Gasteiger partial charge in [-0.3, -0.25) is 4.79 Å². The fourth-order valence-electron chi connectivity index (χ4n) is 1.41. The van der Waals surface area contributed by atoms with Gasteiger partial charge in [0, 0.05) is 12.5 Å². The Labute approximate surface area is 105 Å². The van der Waals surface area contributed by atoms with E-state index >= 15 is 0 Å². The molecule has 96 valence electrons. The highest BCUT2D eigenvalue weighted by Gasteiger charge is 2.20. The van der Waals surface area contributed by atoms with Crippen LogP contribution in [0.25, 0.3) is 0 Å². The highest BCUT2D eigenvalue weighted by Crippen LogP contribution is 2.23. The molecular formula is C13H26ClNO. The van der Waals surface area contributed by atoms with E-state index in [0.717, 1.165) is 6.42 Å². The predicted molar refractivity (Wildman–Crippen MR) is 70.7 cm³/mol. The van der Waals surface area contributed by atoms with Gasteiger partial charge in [-0.05, 0) is 17.8 Å². The summed E-state index contributed by atoms with van der Waals surface area (Å²) in [5.74, 6) is 0.532. The standard InChI is InChI=1S/C13H26ClNO/c1-9(2)10(3)12(16)15-8-11(14)7-13(4,5)6/h9-11H,7-8H2,1-6H3,(H,15,16). The molecule has 0 saturated carbocycles. The minimum Gasteiger partial charge on any atom is -0.354 e. The van der Waals surface area contributed by atoms with Crippen molar-refractivity contribution in [1.29, 1.82) is 0 Å². The van der Waals surface area contributed by atoms with E-state index in [1.807, 2.05) is 6.92 Å². The fourth-order valence-corrected chi connectivity index (χ4v) is 1.95. The molecule has 0 aliphatic heterocycles. The molecule has 2 nitrogen and oxygen atoms in total. The molecule has 0 aromatic rings. The number of hydrogen-bond donors (Lipinski definition) is 1. The van der Waals surface area contributed by atoms with Crippen LogP contribution in [0.3, 0.4) is 0 Å². The van der Waals surface area contributed by atoms with Gasteiger partial charge in [0.1, 0.15) is 0 Å². The van der Waals surface area contributed by atoms with Crippen molar-refractivity contribution in [3.8, 4) is 0 Å². The predicted octanol–water partition coefficient (Wildman–Crippen LogP) is 3.44. The van der Waals surface area contributed by atoms with Crippen molar-refractivity contribution in [3.63, 3.8) is 0 Å². The Morgan fingerprint density at radius 1 is 1.25 bits per heavy atom.